The van der Waals surface area contributed by atoms with Crippen LogP contribution in [-0.4, -0.2) is 13.9 Å². The van der Waals surface area contributed by atoms with Crippen LogP contribution in [0.4, 0.5) is 0 Å². The third-order valence-corrected chi connectivity index (χ3v) is 5.01. The van der Waals surface area contributed by atoms with Gasteiger partial charge in [0.05, 0.1) is 0 Å². The van der Waals surface area contributed by atoms with Gasteiger partial charge in [-0.1, -0.05) is 47.1 Å². The van der Waals surface area contributed by atoms with Crippen LogP contribution in [0, 0.1) is 6.92 Å². The minimum Gasteiger partial charge on any atom is -0.467 e. The Morgan fingerprint density at radius 2 is 1.55 bits per heavy atom. The minimum atomic E-state index is 0.265. The molecule has 2 heteroatoms. The van der Waals surface area contributed by atoms with Crippen molar-refractivity contribution >= 4 is 0 Å². The smallest absolute Gasteiger partial charge is 0.188 e. The average molecular weight is 397 g/mol. The summed E-state index contributed by atoms with van der Waals surface area (Å²) in [6.45, 7) is 15.1. The van der Waals surface area contributed by atoms with Gasteiger partial charge in [0.2, 0.25) is 0 Å². The molecule has 1 rings (SSSR count). The number of benzene rings is 1. The number of methoxy groups -OCH3 is 1. The molecule has 0 aliphatic rings. The molecule has 0 spiro atoms. The quantitative estimate of drug-likeness (QED) is 0.251. The molecule has 0 aliphatic heterocycles. The molecule has 0 radical (unpaired) electrons. The van der Waals surface area contributed by atoms with E-state index in [2.05, 4.69) is 71.6 Å². The summed E-state index contributed by atoms with van der Waals surface area (Å²) in [5.74, 6) is 0.897. The summed E-state index contributed by atoms with van der Waals surface area (Å²) < 4.78 is 10.9. The van der Waals surface area contributed by atoms with Crippen molar-refractivity contribution in [3.8, 4) is 5.75 Å². The van der Waals surface area contributed by atoms with Crippen LogP contribution in [0.2, 0.25) is 0 Å². The highest BCUT2D eigenvalue weighted by Gasteiger charge is 2.08. The third kappa shape index (κ3) is 10.3. The first-order chi connectivity index (χ1) is 13.9. The molecule has 1 aromatic rings. The molecule has 0 aromatic heterocycles. The Balaban J connectivity index is 2.68. The number of hydrogen-bond donors (Lipinski definition) is 0. The summed E-state index contributed by atoms with van der Waals surface area (Å²) in [7, 11) is 1.64. The van der Waals surface area contributed by atoms with Gasteiger partial charge in [-0.05, 0) is 95.9 Å². The second kappa shape index (κ2) is 14.0. The molecule has 1 aromatic carbocycles. The van der Waals surface area contributed by atoms with E-state index in [0.29, 0.717) is 0 Å². The number of rotatable bonds is 13. The van der Waals surface area contributed by atoms with Crippen LogP contribution >= 0.6 is 0 Å². The van der Waals surface area contributed by atoms with E-state index in [1.54, 1.807) is 7.11 Å². The second-order valence-electron chi connectivity index (χ2n) is 8.09. The van der Waals surface area contributed by atoms with Gasteiger partial charge in [0, 0.05) is 7.11 Å². The second-order valence-corrected chi connectivity index (χ2v) is 8.09. The fourth-order valence-corrected chi connectivity index (χ4v) is 3.20. The van der Waals surface area contributed by atoms with Gasteiger partial charge >= 0.3 is 0 Å². The number of aryl methyl sites for hydroxylation is 1. The van der Waals surface area contributed by atoms with Gasteiger partial charge in [0.1, 0.15) is 5.75 Å². The first-order valence-corrected chi connectivity index (χ1v) is 10.7. The zero-order valence-corrected chi connectivity index (χ0v) is 19.4. The van der Waals surface area contributed by atoms with Crippen molar-refractivity contribution < 1.29 is 9.47 Å². The van der Waals surface area contributed by atoms with E-state index in [4.69, 9.17) is 9.47 Å². The van der Waals surface area contributed by atoms with Gasteiger partial charge in [-0.15, -0.1) is 6.58 Å². The van der Waals surface area contributed by atoms with E-state index in [-0.39, 0.29) is 6.79 Å². The van der Waals surface area contributed by atoms with Gasteiger partial charge in [-0.3, -0.25) is 0 Å². The largest absolute Gasteiger partial charge is 0.467 e. The summed E-state index contributed by atoms with van der Waals surface area (Å²) in [5.41, 5.74) is 8.09. The van der Waals surface area contributed by atoms with Gasteiger partial charge in [-0.25, -0.2) is 0 Å². The van der Waals surface area contributed by atoms with E-state index in [0.717, 1.165) is 49.8 Å². The molecule has 0 amide bonds. The van der Waals surface area contributed by atoms with Crippen molar-refractivity contribution in [2.45, 2.75) is 73.1 Å². The standard InChI is InChI=1S/C27H40O2/c1-8-11-26-18-24(6)25(19-27(26)29-20-28-7)17-16-23(5)15-10-14-22(4)13-9-12-21(2)3/h8,12,14,16,18-19H,1,9-11,13,15,17,20H2,2-7H3/b22-14+,23-16-. The van der Waals surface area contributed by atoms with Crippen LogP contribution in [0.3, 0.4) is 0 Å². The summed E-state index contributed by atoms with van der Waals surface area (Å²) in [5, 5.41) is 0. The van der Waals surface area contributed by atoms with Crippen LogP contribution in [0.25, 0.3) is 0 Å². The third-order valence-electron chi connectivity index (χ3n) is 5.01. The monoisotopic (exact) mass is 396 g/mol. The van der Waals surface area contributed by atoms with Gasteiger partial charge < -0.3 is 9.47 Å². The molecule has 160 valence electrons. The molecule has 0 atom stereocenters. The van der Waals surface area contributed by atoms with Crippen LogP contribution in [-0.2, 0) is 17.6 Å². The molecule has 0 saturated heterocycles. The van der Waals surface area contributed by atoms with Crippen LogP contribution in [0.1, 0.15) is 70.1 Å². The number of hydrogen-bond acceptors (Lipinski definition) is 2. The van der Waals surface area contributed by atoms with E-state index >= 15 is 0 Å². The van der Waals surface area contributed by atoms with Crippen molar-refractivity contribution in [2.24, 2.45) is 0 Å². The Hall–Kier alpha value is -2.06. The van der Waals surface area contributed by atoms with Crippen molar-refractivity contribution in [3.05, 3.63) is 76.4 Å². The molecule has 0 aliphatic carbocycles. The minimum absolute atomic E-state index is 0.265. The number of ether oxygens (including phenoxy) is 2. The lowest BCUT2D eigenvalue weighted by atomic mass is 9.98. The van der Waals surface area contributed by atoms with Crippen molar-refractivity contribution in [2.75, 3.05) is 13.9 Å². The SMILES string of the molecule is C=CCc1cc(C)c(C/C=C(/C)CC/C=C(\C)CCC=C(C)C)cc1OCOC. The van der Waals surface area contributed by atoms with Gasteiger partial charge in [-0.2, -0.15) is 0 Å². The topological polar surface area (TPSA) is 18.5 Å². The lowest BCUT2D eigenvalue weighted by molar-refractivity contribution is 0.0504. The zero-order chi connectivity index (χ0) is 21.6. The van der Waals surface area contributed by atoms with E-state index in [1.807, 2.05) is 6.08 Å². The maximum atomic E-state index is 5.78. The van der Waals surface area contributed by atoms with Gasteiger partial charge in [0.25, 0.3) is 0 Å². The average Bonchev–Trinajstić information content (AvgIpc) is 2.66. The maximum absolute atomic E-state index is 5.78. The van der Waals surface area contributed by atoms with Crippen molar-refractivity contribution in [1.29, 1.82) is 0 Å². The van der Waals surface area contributed by atoms with Crippen LogP contribution < -0.4 is 4.74 Å². The fourth-order valence-electron chi connectivity index (χ4n) is 3.20. The Morgan fingerprint density at radius 3 is 2.17 bits per heavy atom. The fraction of sp³-hybridized carbons (Fsp3) is 0.481. The van der Waals surface area contributed by atoms with Crippen molar-refractivity contribution in [1.82, 2.24) is 0 Å². The summed E-state index contributed by atoms with van der Waals surface area (Å²) >= 11 is 0. The summed E-state index contributed by atoms with van der Waals surface area (Å²) in [4.78, 5) is 0. The van der Waals surface area contributed by atoms with E-state index in [1.165, 1.54) is 27.8 Å². The predicted octanol–water partition coefficient (Wildman–Crippen LogP) is 7.67. The molecule has 0 fully saturated rings. The Labute approximate surface area is 179 Å². The van der Waals surface area contributed by atoms with Gasteiger partial charge in [0.15, 0.2) is 6.79 Å². The summed E-state index contributed by atoms with van der Waals surface area (Å²) in [6.07, 6.45) is 15.2. The molecule has 29 heavy (non-hydrogen) atoms. The highest BCUT2D eigenvalue weighted by molar-refractivity contribution is 5.44. The van der Waals surface area contributed by atoms with Crippen LogP contribution in [0.15, 0.2) is 59.7 Å². The maximum Gasteiger partial charge on any atom is 0.188 e. The van der Waals surface area contributed by atoms with E-state index < -0.39 is 0 Å². The molecule has 0 N–H and O–H groups in total. The van der Waals surface area contributed by atoms with Crippen molar-refractivity contribution in [3.63, 3.8) is 0 Å². The highest BCUT2D eigenvalue weighted by Crippen LogP contribution is 2.26. The lowest BCUT2D eigenvalue weighted by Crippen LogP contribution is -2.03. The highest BCUT2D eigenvalue weighted by atomic mass is 16.7. The van der Waals surface area contributed by atoms with E-state index in [9.17, 15) is 0 Å². The normalized spacial score (nSPS) is 12.1. The van der Waals surface area contributed by atoms with Crippen LogP contribution in [0.5, 0.6) is 5.75 Å². The molecule has 0 unspecified atom stereocenters. The molecule has 2 nitrogen and oxygen atoms in total. The first kappa shape index (κ1) is 25.0. The lowest BCUT2D eigenvalue weighted by Gasteiger charge is -2.14. The Kier molecular flexibility index (Phi) is 12.1. The predicted molar refractivity (Wildman–Crippen MR) is 127 cm³/mol. The zero-order valence-electron chi connectivity index (χ0n) is 19.4. The molecule has 0 bridgehead atoms. The summed E-state index contributed by atoms with van der Waals surface area (Å²) in [6, 6.07) is 4.37. The molecule has 0 saturated carbocycles. The molecule has 0 heterocycles. The molecular formula is C27H40O2. The molecular weight excluding hydrogens is 356 g/mol. The number of allylic oxidation sites excluding steroid dienone is 7. The first-order valence-electron chi connectivity index (χ1n) is 10.7. The Morgan fingerprint density at radius 1 is 0.897 bits per heavy atom. The Bertz CT molecular complexity index is 731.